The Balaban J connectivity index is 1.12. The Kier molecular flexibility index (Phi) is 8.46. The van der Waals surface area contributed by atoms with Crippen molar-refractivity contribution in [2.24, 2.45) is 5.92 Å². The molecule has 30 heavy (non-hydrogen) atoms. The average Bonchev–Trinajstić information content (AvgIpc) is 2.75. The fraction of sp³-hybridized carbons (Fsp3) is 1.00. The number of nitrogens with zero attached hydrogens (tertiary/aromatic N) is 4. The molecule has 0 amide bonds. The highest BCUT2D eigenvalue weighted by molar-refractivity contribution is 4.85. The molecule has 4 aliphatic heterocycles. The van der Waals surface area contributed by atoms with Gasteiger partial charge >= 0.3 is 0 Å². The van der Waals surface area contributed by atoms with Gasteiger partial charge in [0.2, 0.25) is 0 Å². The molecule has 4 saturated heterocycles. The molecule has 0 bridgehead atoms. The van der Waals surface area contributed by atoms with Crippen LogP contribution in [0.2, 0.25) is 0 Å². The van der Waals surface area contributed by atoms with Crippen LogP contribution in [0.15, 0.2) is 0 Å². The van der Waals surface area contributed by atoms with Crippen molar-refractivity contribution in [1.82, 2.24) is 19.6 Å². The van der Waals surface area contributed by atoms with E-state index in [1.165, 1.54) is 65.0 Å². The van der Waals surface area contributed by atoms with Crippen LogP contribution < -0.4 is 0 Å². The molecular formula is C24H46N4O2. The van der Waals surface area contributed by atoms with Gasteiger partial charge in [-0.3, -0.25) is 9.80 Å². The van der Waals surface area contributed by atoms with Crippen LogP contribution in [-0.4, -0.2) is 123 Å². The van der Waals surface area contributed by atoms with Gasteiger partial charge < -0.3 is 19.3 Å². The first-order chi connectivity index (χ1) is 14.6. The van der Waals surface area contributed by atoms with E-state index in [1.807, 2.05) is 0 Å². The Morgan fingerprint density at radius 3 is 1.43 bits per heavy atom. The van der Waals surface area contributed by atoms with E-state index in [0.717, 1.165) is 57.4 Å². The van der Waals surface area contributed by atoms with Crippen LogP contribution in [0, 0.1) is 5.92 Å². The molecule has 2 atom stereocenters. The van der Waals surface area contributed by atoms with Crippen LogP contribution in [0.3, 0.4) is 0 Å². The van der Waals surface area contributed by atoms with Gasteiger partial charge in [0.1, 0.15) is 0 Å². The highest BCUT2D eigenvalue weighted by Crippen LogP contribution is 2.22. The fourth-order valence-corrected chi connectivity index (χ4v) is 6.23. The maximum Gasteiger partial charge on any atom is 0.0674 e. The molecule has 2 unspecified atom stereocenters. The summed E-state index contributed by atoms with van der Waals surface area (Å²) in [5, 5.41) is 0. The third kappa shape index (κ3) is 6.39. The van der Waals surface area contributed by atoms with Gasteiger partial charge in [-0.1, -0.05) is 6.92 Å². The number of hydrogen-bond donors (Lipinski definition) is 0. The predicted octanol–water partition coefficient (Wildman–Crippen LogP) is 1.99. The highest BCUT2D eigenvalue weighted by atomic mass is 16.5. The second-order valence-corrected chi connectivity index (χ2v) is 10.5. The number of rotatable bonds is 6. The van der Waals surface area contributed by atoms with Gasteiger partial charge in [-0.15, -0.1) is 0 Å². The Morgan fingerprint density at radius 2 is 1.07 bits per heavy atom. The van der Waals surface area contributed by atoms with E-state index < -0.39 is 0 Å². The lowest BCUT2D eigenvalue weighted by molar-refractivity contribution is -0.0455. The van der Waals surface area contributed by atoms with Gasteiger partial charge in [0, 0.05) is 51.4 Å². The summed E-state index contributed by atoms with van der Waals surface area (Å²) in [5.74, 6) is 0.768. The summed E-state index contributed by atoms with van der Waals surface area (Å²) in [6, 6.07) is 1.56. The van der Waals surface area contributed by atoms with Crippen molar-refractivity contribution in [2.75, 3.05) is 78.7 Å². The monoisotopic (exact) mass is 422 g/mol. The van der Waals surface area contributed by atoms with E-state index in [1.54, 1.807) is 0 Å². The van der Waals surface area contributed by atoms with E-state index >= 15 is 0 Å². The van der Waals surface area contributed by atoms with Crippen LogP contribution in [0.25, 0.3) is 0 Å². The summed E-state index contributed by atoms with van der Waals surface area (Å²) in [4.78, 5) is 10.8. The van der Waals surface area contributed by atoms with Crippen LogP contribution in [0.5, 0.6) is 0 Å². The maximum absolute atomic E-state index is 5.73. The third-order valence-electron chi connectivity index (χ3n) is 7.83. The van der Waals surface area contributed by atoms with Crippen LogP contribution >= 0.6 is 0 Å². The van der Waals surface area contributed by atoms with E-state index in [0.29, 0.717) is 12.2 Å². The number of likely N-dealkylation sites (tertiary alicyclic amines) is 2. The lowest BCUT2D eigenvalue weighted by Gasteiger charge is -2.43. The van der Waals surface area contributed by atoms with Crippen LogP contribution in [-0.2, 0) is 9.47 Å². The summed E-state index contributed by atoms with van der Waals surface area (Å²) in [5.41, 5.74) is 0. The van der Waals surface area contributed by atoms with Gasteiger partial charge in [0.15, 0.2) is 0 Å². The van der Waals surface area contributed by atoms with E-state index in [9.17, 15) is 0 Å². The molecule has 0 aromatic carbocycles. The SMILES string of the molecule is CC(CN1CCC(N2CCOC(C)C2)CC1)CN1CCC(N2CCOC(C)C2)CC1. The van der Waals surface area contributed by atoms with Gasteiger partial charge in [0.05, 0.1) is 25.4 Å². The van der Waals surface area contributed by atoms with Gasteiger partial charge in [-0.25, -0.2) is 0 Å². The molecule has 6 nitrogen and oxygen atoms in total. The highest BCUT2D eigenvalue weighted by Gasteiger charge is 2.30. The Bertz CT molecular complexity index is 461. The Morgan fingerprint density at radius 1 is 0.667 bits per heavy atom. The first-order valence-electron chi connectivity index (χ1n) is 12.7. The fourth-order valence-electron chi connectivity index (χ4n) is 6.23. The molecule has 0 aliphatic carbocycles. The molecular weight excluding hydrogens is 376 g/mol. The molecule has 0 spiro atoms. The van der Waals surface area contributed by atoms with E-state index in [2.05, 4.69) is 40.4 Å². The zero-order valence-corrected chi connectivity index (χ0v) is 19.8. The summed E-state index contributed by atoms with van der Waals surface area (Å²) in [6.45, 7) is 20.9. The molecule has 0 aromatic rings. The van der Waals surface area contributed by atoms with Crippen molar-refractivity contribution >= 4 is 0 Å². The summed E-state index contributed by atoms with van der Waals surface area (Å²) < 4.78 is 11.5. The van der Waals surface area contributed by atoms with E-state index in [4.69, 9.17) is 9.47 Å². The quantitative estimate of drug-likeness (QED) is 0.651. The summed E-state index contributed by atoms with van der Waals surface area (Å²) in [6.07, 6.45) is 6.16. The molecule has 4 aliphatic rings. The van der Waals surface area contributed by atoms with Crippen molar-refractivity contribution in [2.45, 2.75) is 70.7 Å². The van der Waals surface area contributed by atoms with Crippen LogP contribution in [0.1, 0.15) is 46.5 Å². The van der Waals surface area contributed by atoms with Crippen molar-refractivity contribution in [3.05, 3.63) is 0 Å². The molecule has 0 aromatic heterocycles. The molecule has 174 valence electrons. The number of ether oxygens (including phenoxy) is 2. The minimum atomic E-state index is 0.410. The van der Waals surface area contributed by atoms with E-state index in [-0.39, 0.29) is 0 Å². The van der Waals surface area contributed by atoms with Crippen LogP contribution in [0.4, 0.5) is 0 Å². The maximum atomic E-state index is 5.73. The smallest absolute Gasteiger partial charge is 0.0674 e. The zero-order chi connectivity index (χ0) is 20.9. The lowest BCUT2D eigenvalue weighted by atomic mass is 9.99. The van der Waals surface area contributed by atoms with Crippen molar-refractivity contribution in [3.63, 3.8) is 0 Å². The number of hydrogen-bond acceptors (Lipinski definition) is 6. The second kappa shape index (κ2) is 11.1. The van der Waals surface area contributed by atoms with Gasteiger partial charge in [-0.2, -0.15) is 0 Å². The number of morpholine rings is 2. The Hall–Kier alpha value is -0.240. The van der Waals surface area contributed by atoms with Crippen molar-refractivity contribution in [1.29, 1.82) is 0 Å². The lowest BCUT2D eigenvalue weighted by Crippen LogP contribution is -2.52. The molecule has 4 rings (SSSR count). The minimum absolute atomic E-state index is 0.410. The normalized spacial score (nSPS) is 33.7. The second-order valence-electron chi connectivity index (χ2n) is 10.5. The third-order valence-corrected chi connectivity index (χ3v) is 7.83. The largest absolute Gasteiger partial charge is 0.376 e. The van der Waals surface area contributed by atoms with Crippen molar-refractivity contribution < 1.29 is 9.47 Å². The molecule has 4 fully saturated rings. The first-order valence-corrected chi connectivity index (χ1v) is 12.7. The topological polar surface area (TPSA) is 31.4 Å². The zero-order valence-electron chi connectivity index (χ0n) is 19.8. The predicted molar refractivity (Wildman–Crippen MR) is 122 cm³/mol. The minimum Gasteiger partial charge on any atom is -0.376 e. The average molecular weight is 423 g/mol. The molecule has 0 N–H and O–H groups in total. The van der Waals surface area contributed by atoms with Gasteiger partial charge in [-0.05, 0) is 71.6 Å². The standard InChI is InChI=1S/C24H46N4O2/c1-20(16-25-8-4-23(5-9-25)27-12-14-29-21(2)18-27)17-26-10-6-24(7-11-26)28-13-15-30-22(3)19-28/h20-24H,4-19H2,1-3H3. The molecule has 0 saturated carbocycles. The van der Waals surface area contributed by atoms with Crippen molar-refractivity contribution in [3.8, 4) is 0 Å². The number of piperidine rings is 2. The molecule has 0 radical (unpaired) electrons. The van der Waals surface area contributed by atoms with Gasteiger partial charge in [0.25, 0.3) is 0 Å². The molecule has 6 heteroatoms. The first kappa shape index (κ1) is 22.9. The molecule has 4 heterocycles. The Labute approximate surface area is 184 Å². The summed E-state index contributed by atoms with van der Waals surface area (Å²) >= 11 is 0. The summed E-state index contributed by atoms with van der Waals surface area (Å²) in [7, 11) is 0.